The third-order valence-corrected chi connectivity index (χ3v) is 5.07. The molecule has 1 atom stereocenters. The smallest absolute Gasteiger partial charge is 0.308 e. The maximum Gasteiger partial charge on any atom is 0.308 e. The lowest BCUT2D eigenvalue weighted by Crippen LogP contribution is -2.31. The highest BCUT2D eigenvalue weighted by Crippen LogP contribution is 2.18. The van der Waals surface area contributed by atoms with Crippen molar-refractivity contribution in [1.82, 2.24) is 5.32 Å². The molecule has 0 aromatic heterocycles. The van der Waals surface area contributed by atoms with Gasteiger partial charge in [0.1, 0.15) is 0 Å². The van der Waals surface area contributed by atoms with Crippen molar-refractivity contribution in [2.24, 2.45) is 0 Å². The minimum atomic E-state index is -0.584. The standard InChI is InChI=1S/C26H26N2O4/c1-18-13-14-22(15-19(18)2)27-24(29)17-32-25(30)16-23(20-9-5-3-6-10-20)28-26(31)21-11-7-4-8-12-21/h3-15,23H,16-17H2,1-2H3,(H,27,29)(H,28,31). The normalized spacial score (nSPS) is 11.3. The topological polar surface area (TPSA) is 84.5 Å². The number of hydrogen-bond donors (Lipinski definition) is 2. The molecule has 6 heteroatoms. The van der Waals surface area contributed by atoms with Crippen molar-refractivity contribution in [3.05, 3.63) is 101 Å². The van der Waals surface area contributed by atoms with Crippen LogP contribution in [-0.4, -0.2) is 24.4 Å². The molecule has 32 heavy (non-hydrogen) atoms. The van der Waals surface area contributed by atoms with E-state index in [1.165, 1.54) is 0 Å². The molecule has 164 valence electrons. The molecule has 0 heterocycles. The summed E-state index contributed by atoms with van der Waals surface area (Å²) in [5.74, 6) is -1.30. The molecule has 6 nitrogen and oxygen atoms in total. The Balaban J connectivity index is 1.59. The molecule has 0 radical (unpaired) electrons. The molecule has 1 unspecified atom stereocenters. The number of esters is 1. The average Bonchev–Trinajstić information content (AvgIpc) is 2.81. The lowest BCUT2D eigenvalue weighted by atomic mass is 10.0. The molecule has 0 saturated heterocycles. The van der Waals surface area contributed by atoms with Gasteiger partial charge in [0.15, 0.2) is 6.61 Å². The largest absolute Gasteiger partial charge is 0.455 e. The Morgan fingerprint density at radius 3 is 2.16 bits per heavy atom. The molecular formula is C26H26N2O4. The Kier molecular flexibility index (Phi) is 7.75. The fraction of sp³-hybridized carbons (Fsp3) is 0.192. The molecule has 2 amide bonds. The molecule has 0 saturated carbocycles. The van der Waals surface area contributed by atoms with Crippen LogP contribution >= 0.6 is 0 Å². The third-order valence-electron chi connectivity index (χ3n) is 5.07. The lowest BCUT2D eigenvalue weighted by molar-refractivity contribution is -0.147. The summed E-state index contributed by atoms with van der Waals surface area (Å²) in [6.45, 7) is 3.54. The van der Waals surface area contributed by atoms with Gasteiger partial charge in [-0.3, -0.25) is 14.4 Å². The van der Waals surface area contributed by atoms with Crippen LogP contribution in [0.15, 0.2) is 78.9 Å². The van der Waals surface area contributed by atoms with Crippen molar-refractivity contribution in [3.8, 4) is 0 Å². The maximum atomic E-state index is 12.6. The van der Waals surface area contributed by atoms with Crippen molar-refractivity contribution in [2.75, 3.05) is 11.9 Å². The van der Waals surface area contributed by atoms with Gasteiger partial charge < -0.3 is 15.4 Å². The summed E-state index contributed by atoms with van der Waals surface area (Å²) in [5, 5.41) is 5.60. The molecule has 0 aliphatic rings. The molecule has 0 bridgehead atoms. The number of carbonyl (C=O) groups excluding carboxylic acids is 3. The van der Waals surface area contributed by atoms with Crippen LogP contribution in [0.25, 0.3) is 0 Å². The fourth-order valence-corrected chi connectivity index (χ4v) is 3.16. The average molecular weight is 431 g/mol. The molecule has 0 aliphatic heterocycles. The summed E-state index contributed by atoms with van der Waals surface area (Å²) in [4.78, 5) is 37.2. The van der Waals surface area contributed by atoms with Gasteiger partial charge in [-0.25, -0.2) is 0 Å². The zero-order valence-electron chi connectivity index (χ0n) is 18.1. The summed E-state index contributed by atoms with van der Waals surface area (Å²) in [6.07, 6.45) is -0.0977. The van der Waals surface area contributed by atoms with Crippen molar-refractivity contribution >= 4 is 23.5 Å². The van der Waals surface area contributed by atoms with Gasteiger partial charge in [-0.2, -0.15) is 0 Å². The van der Waals surface area contributed by atoms with E-state index in [2.05, 4.69) is 10.6 Å². The van der Waals surface area contributed by atoms with E-state index in [9.17, 15) is 14.4 Å². The molecule has 0 fully saturated rings. The van der Waals surface area contributed by atoms with Gasteiger partial charge in [-0.05, 0) is 54.8 Å². The summed E-state index contributed by atoms with van der Waals surface area (Å²) in [5.41, 5.74) is 4.09. The van der Waals surface area contributed by atoms with Gasteiger partial charge >= 0.3 is 5.97 Å². The first-order valence-corrected chi connectivity index (χ1v) is 10.4. The molecular weight excluding hydrogens is 404 g/mol. The Morgan fingerprint density at radius 2 is 1.50 bits per heavy atom. The molecule has 0 spiro atoms. The van der Waals surface area contributed by atoms with Gasteiger partial charge in [-0.1, -0.05) is 54.6 Å². The predicted molar refractivity (Wildman–Crippen MR) is 123 cm³/mol. The van der Waals surface area contributed by atoms with Gasteiger partial charge in [0.2, 0.25) is 0 Å². The highest BCUT2D eigenvalue weighted by Gasteiger charge is 2.20. The van der Waals surface area contributed by atoms with Crippen molar-refractivity contribution in [2.45, 2.75) is 26.3 Å². The number of carbonyl (C=O) groups is 3. The van der Waals surface area contributed by atoms with Crippen LogP contribution in [0.1, 0.15) is 39.5 Å². The minimum absolute atomic E-state index is 0.0977. The summed E-state index contributed by atoms with van der Waals surface area (Å²) >= 11 is 0. The number of hydrogen-bond acceptors (Lipinski definition) is 4. The quantitative estimate of drug-likeness (QED) is 0.521. The number of anilines is 1. The molecule has 3 aromatic rings. The van der Waals surface area contributed by atoms with E-state index in [-0.39, 0.29) is 12.3 Å². The van der Waals surface area contributed by atoms with E-state index in [0.29, 0.717) is 11.3 Å². The van der Waals surface area contributed by atoms with Crippen molar-refractivity contribution < 1.29 is 19.1 Å². The number of amides is 2. The molecule has 0 aliphatic carbocycles. The number of benzene rings is 3. The van der Waals surface area contributed by atoms with E-state index in [4.69, 9.17) is 4.74 Å². The van der Waals surface area contributed by atoms with Gasteiger partial charge in [0.05, 0.1) is 12.5 Å². The highest BCUT2D eigenvalue weighted by molar-refractivity contribution is 5.95. The number of rotatable bonds is 8. The molecule has 3 aromatic carbocycles. The van der Waals surface area contributed by atoms with E-state index in [0.717, 1.165) is 16.7 Å². The predicted octanol–water partition coefficient (Wildman–Crippen LogP) is 4.35. The van der Waals surface area contributed by atoms with Crippen LogP contribution in [0.3, 0.4) is 0 Å². The second kappa shape index (κ2) is 10.9. The number of nitrogens with one attached hydrogen (secondary N) is 2. The van der Waals surface area contributed by atoms with Crippen LogP contribution in [-0.2, 0) is 14.3 Å². The number of ether oxygens (including phenoxy) is 1. The SMILES string of the molecule is Cc1ccc(NC(=O)COC(=O)CC(NC(=O)c2ccccc2)c2ccccc2)cc1C. The van der Waals surface area contributed by atoms with Crippen LogP contribution in [0.5, 0.6) is 0 Å². The maximum absolute atomic E-state index is 12.6. The summed E-state index contributed by atoms with van der Waals surface area (Å²) in [6, 6.07) is 22.9. The zero-order valence-corrected chi connectivity index (χ0v) is 18.1. The first-order chi connectivity index (χ1) is 15.4. The summed E-state index contributed by atoms with van der Waals surface area (Å²) < 4.78 is 5.17. The first-order valence-electron chi connectivity index (χ1n) is 10.4. The van der Waals surface area contributed by atoms with Crippen LogP contribution < -0.4 is 10.6 Å². The zero-order chi connectivity index (χ0) is 22.9. The van der Waals surface area contributed by atoms with E-state index in [1.807, 2.05) is 62.4 Å². The Morgan fingerprint density at radius 1 is 0.844 bits per heavy atom. The van der Waals surface area contributed by atoms with E-state index < -0.39 is 24.5 Å². The highest BCUT2D eigenvalue weighted by atomic mass is 16.5. The lowest BCUT2D eigenvalue weighted by Gasteiger charge is -2.19. The second-order valence-corrected chi connectivity index (χ2v) is 7.51. The Hall–Kier alpha value is -3.93. The third kappa shape index (κ3) is 6.54. The monoisotopic (exact) mass is 430 g/mol. The molecule has 2 N–H and O–H groups in total. The second-order valence-electron chi connectivity index (χ2n) is 7.51. The van der Waals surface area contributed by atoms with Crippen LogP contribution in [0.4, 0.5) is 5.69 Å². The Bertz CT molecular complexity index is 1080. The van der Waals surface area contributed by atoms with Crippen molar-refractivity contribution in [1.29, 1.82) is 0 Å². The van der Waals surface area contributed by atoms with Gasteiger partial charge in [0.25, 0.3) is 11.8 Å². The van der Waals surface area contributed by atoms with E-state index in [1.54, 1.807) is 30.3 Å². The van der Waals surface area contributed by atoms with Crippen LogP contribution in [0, 0.1) is 13.8 Å². The molecule has 3 rings (SSSR count). The van der Waals surface area contributed by atoms with Crippen LogP contribution in [0.2, 0.25) is 0 Å². The van der Waals surface area contributed by atoms with Gasteiger partial charge in [0, 0.05) is 11.3 Å². The van der Waals surface area contributed by atoms with E-state index >= 15 is 0 Å². The van der Waals surface area contributed by atoms with Gasteiger partial charge in [-0.15, -0.1) is 0 Å². The van der Waals surface area contributed by atoms with Crippen molar-refractivity contribution in [3.63, 3.8) is 0 Å². The number of aryl methyl sites for hydroxylation is 2. The summed E-state index contributed by atoms with van der Waals surface area (Å²) in [7, 11) is 0. The first kappa shape index (κ1) is 22.7. The fourth-order valence-electron chi connectivity index (χ4n) is 3.16. The Labute approximate surface area is 187 Å². The minimum Gasteiger partial charge on any atom is -0.455 e.